The lowest BCUT2D eigenvalue weighted by Gasteiger charge is -2.06. The van der Waals surface area contributed by atoms with Crippen molar-refractivity contribution in [3.63, 3.8) is 0 Å². The second kappa shape index (κ2) is 5.35. The number of aromatic nitrogens is 4. The average molecular weight is 282 g/mol. The highest BCUT2D eigenvalue weighted by atomic mass is 35.5. The maximum absolute atomic E-state index is 6.22. The summed E-state index contributed by atoms with van der Waals surface area (Å²) in [7, 11) is 3.88. The highest BCUT2D eigenvalue weighted by Gasteiger charge is 2.12. The molecule has 0 amide bonds. The van der Waals surface area contributed by atoms with Gasteiger partial charge in [-0.1, -0.05) is 11.6 Å². The smallest absolute Gasteiger partial charge is 0.0860 e. The summed E-state index contributed by atoms with van der Waals surface area (Å²) in [5.74, 6) is 0. The molecule has 0 aromatic carbocycles. The molecule has 0 spiro atoms. The van der Waals surface area contributed by atoms with E-state index in [0.717, 1.165) is 28.6 Å². The van der Waals surface area contributed by atoms with Crippen LogP contribution < -0.4 is 5.32 Å². The number of halogens is 1. The highest BCUT2D eigenvalue weighted by Crippen LogP contribution is 2.19. The van der Waals surface area contributed by atoms with Crippen LogP contribution in [0.1, 0.15) is 28.3 Å². The first kappa shape index (κ1) is 14.1. The number of hydrogen-bond acceptors (Lipinski definition) is 3. The van der Waals surface area contributed by atoms with Crippen molar-refractivity contribution in [3.05, 3.63) is 33.4 Å². The van der Waals surface area contributed by atoms with Gasteiger partial charge in [0, 0.05) is 38.4 Å². The van der Waals surface area contributed by atoms with Crippen LogP contribution in [0, 0.1) is 20.8 Å². The van der Waals surface area contributed by atoms with Gasteiger partial charge in [0.05, 0.1) is 22.1 Å². The van der Waals surface area contributed by atoms with E-state index in [9.17, 15) is 0 Å². The molecule has 6 heteroatoms. The molecule has 0 aliphatic rings. The molecule has 2 aromatic rings. The SMILES string of the molecule is Cc1nn(C)c(CNCc2c(C)nn(C)c2C)c1Cl. The molecule has 0 radical (unpaired) electrons. The van der Waals surface area contributed by atoms with E-state index in [2.05, 4.69) is 22.4 Å². The maximum Gasteiger partial charge on any atom is 0.0860 e. The van der Waals surface area contributed by atoms with Crippen molar-refractivity contribution in [1.82, 2.24) is 24.9 Å². The van der Waals surface area contributed by atoms with E-state index in [1.165, 1.54) is 11.3 Å². The van der Waals surface area contributed by atoms with Crippen molar-refractivity contribution >= 4 is 11.6 Å². The Morgan fingerprint density at radius 1 is 1.00 bits per heavy atom. The monoisotopic (exact) mass is 281 g/mol. The molecule has 0 fully saturated rings. The molecule has 0 atom stereocenters. The van der Waals surface area contributed by atoms with Gasteiger partial charge in [-0.25, -0.2) is 0 Å². The van der Waals surface area contributed by atoms with Crippen LogP contribution in [0.15, 0.2) is 0 Å². The Morgan fingerprint density at radius 2 is 1.63 bits per heavy atom. The molecule has 0 saturated carbocycles. The van der Waals surface area contributed by atoms with Crippen LogP contribution in [-0.2, 0) is 27.2 Å². The molecule has 19 heavy (non-hydrogen) atoms. The maximum atomic E-state index is 6.22. The molecule has 1 N–H and O–H groups in total. The summed E-state index contributed by atoms with van der Waals surface area (Å²) < 4.78 is 3.74. The Hall–Kier alpha value is -1.33. The molecule has 5 nitrogen and oxygen atoms in total. The van der Waals surface area contributed by atoms with E-state index in [-0.39, 0.29) is 0 Å². The zero-order valence-corrected chi connectivity index (χ0v) is 12.8. The predicted molar refractivity (Wildman–Crippen MR) is 76.2 cm³/mol. The van der Waals surface area contributed by atoms with Crippen LogP contribution in [-0.4, -0.2) is 19.6 Å². The van der Waals surface area contributed by atoms with E-state index >= 15 is 0 Å². The van der Waals surface area contributed by atoms with Crippen molar-refractivity contribution in [2.24, 2.45) is 14.1 Å². The second-order valence-corrected chi connectivity index (χ2v) is 5.22. The molecule has 0 bridgehead atoms. The molecule has 2 aromatic heterocycles. The van der Waals surface area contributed by atoms with Crippen LogP contribution >= 0.6 is 11.6 Å². The number of rotatable bonds is 4. The van der Waals surface area contributed by atoms with Gasteiger partial charge in [0.15, 0.2) is 0 Å². The number of nitrogens with zero attached hydrogens (tertiary/aromatic N) is 4. The summed E-state index contributed by atoms with van der Waals surface area (Å²) in [6.07, 6.45) is 0. The molecular formula is C13H20ClN5. The third kappa shape index (κ3) is 2.67. The van der Waals surface area contributed by atoms with Crippen LogP contribution in [0.4, 0.5) is 0 Å². The fraction of sp³-hybridized carbons (Fsp3) is 0.538. The van der Waals surface area contributed by atoms with E-state index < -0.39 is 0 Å². The number of nitrogens with one attached hydrogen (secondary N) is 1. The van der Waals surface area contributed by atoms with Crippen LogP contribution in [0.5, 0.6) is 0 Å². The van der Waals surface area contributed by atoms with E-state index in [4.69, 9.17) is 11.6 Å². The molecule has 0 unspecified atom stereocenters. The molecule has 2 rings (SSSR count). The van der Waals surface area contributed by atoms with Crippen molar-refractivity contribution in [2.75, 3.05) is 0 Å². The third-order valence-electron chi connectivity index (χ3n) is 3.51. The lowest BCUT2D eigenvalue weighted by atomic mass is 10.2. The predicted octanol–water partition coefficient (Wildman–Crippen LogP) is 2.02. The Kier molecular flexibility index (Phi) is 3.96. The van der Waals surface area contributed by atoms with Gasteiger partial charge in [-0.2, -0.15) is 10.2 Å². The molecule has 104 valence electrons. The van der Waals surface area contributed by atoms with Crippen LogP contribution in [0.25, 0.3) is 0 Å². The van der Waals surface area contributed by atoms with E-state index in [0.29, 0.717) is 6.54 Å². The summed E-state index contributed by atoms with van der Waals surface area (Å²) >= 11 is 6.22. The largest absolute Gasteiger partial charge is 0.307 e. The quantitative estimate of drug-likeness (QED) is 0.933. The molecule has 0 aliphatic carbocycles. The molecule has 2 heterocycles. The van der Waals surface area contributed by atoms with Crippen molar-refractivity contribution in [2.45, 2.75) is 33.9 Å². The Bertz CT molecular complexity index is 544. The first-order valence-electron chi connectivity index (χ1n) is 6.29. The fourth-order valence-electron chi connectivity index (χ4n) is 2.25. The Labute approximate surface area is 118 Å². The molecule has 0 saturated heterocycles. The molecule has 0 aliphatic heterocycles. The summed E-state index contributed by atoms with van der Waals surface area (Å²) in [6.45, 7) is 7.51. The van der Waals surface area contributed by atoms with Gasteiger partial charge >= 0.3 is 0 Å². The Morgan fingerprint density at radius 3 is 2.11 bits per heavy atom. The first-order chi connectivity index (χ1) is 8.91. The summed E-state index contributed by atoms with van der Waals surface area (Å²) in [4.78, 5) is 0. The van der Waals surface area contributed by atoms with Gasteiger partial charge in [-0.15, -0.1) is 0 Å². The first-order valence-corrected chi connectivity index (χ1v) is 6.67. The molecular weight excluding hydrogens is 262 g/mol. The average Bonchev–Trinajstić information content (AvgIpc) is 2.72. The summed E-state index contributed by atoms with van der Waals surface area (Å²) in [5, 5.41) is 12.9. The number of hydrogen-bond donors (Lipinski definition) is 1. The van der Waals surface area contributed by atoms with Crippen molar-refractivity contribution < 1.29 is 0 Å². The summed E-state index contributed by atoms with van der Waals surface area (Å²) in [5.41, 5.74) is 5.39. The van der Waals surface area contributed by atoms with Crippen LogP contribution in [0.3, 0.4) is 0 Å². The Balaban J connectivity index is 2.04. The topological polar surface area (TPSA) is 47.7 Å². The zero-order valence-electron chi connectivity index (χ0n) is 12.1. The van der Waals surface area contributed by atoms with Gasteiger partial charge < -0.3 is 5.32 Å². The minimum atomic E-state index is 0.698. The van der Waals surface area contributed by atoms with Gasteiger partial charge in [-0.3, -0.25) is 9.36 Å². The fourth-order valence-corrected chi connectivity index (χ4v) is 2.48. The standard InChI is InChI=1S/C13H20ClN5/c1-8-11(10(3)18(4)16-8)6-15-7-12-13(14)9(2)17-19(12)5/h15H,6-7H2,1-5H3. The minimum Gasteiger partial charge on any atom is -0.307 e. The van der Waals surface area contributed by atoms with Crippen molar-refractivity contribution in [1.29, 1.82) is 0 Å². The van der Waals surface area contributed by atoms with Gasteiger partial charge in [0.1, 0.15) is 0 Å². The number of aryl methyl sites for hydroxylation is 4. The lowest BCUT2D eigenvalue weighted by molar-refractivity contribution is 0.621. The van der Waals surface area contributed by atoms with Gasteiger partial charge in [0.25, 0.3) is 0 Å². The highest BCUT2D eigenvalue weighted by molar-refractivity contribution is 6.31. The van der Waals surface area contributed by atoms with E-state index in [1.807, 2.05) is 37.3 Å². The summed E-state index contributed by atoms with van der Waals surface area (Å²) in [6, 6.07) is 0. The van der Waals surface area contributed by atoms with Crippen molar-refractivity contribution in [3.8, 4) is 0 Å². The normalized spacial score (nSPS) is 11.3. The third-order valence-corrected chi connectivity index (χ3v) is 4.01. The lowest BCUT2D eigenvalue weighted by Crippen LogP contribution is -2.16. The zero-order chi connectivity index (χ0) is 14.2. The van der Waals surface area contributed by atoms with Gasteiger partial charge in [0.2, 0.25) is 0 Å². The minimum absolute atomic E-state index is 0.698. The second-order valence-electron chi connectivity index (χ2n) is 4.85. The van der Waals surface area contributed by atoms with E-state index in [1.54, 1.807) is 0 Å². The van der Waals surface area contributed by atoms with Gasteiger partial charge in [-0.05, 0) is 20.8 Å². The van der Waals surface area contributed by atoms with Crippen LogP contribution in [0.2, 0.25) is 5.02 Å².